The van der Waals surface area contributed by atoms with Crippen LogP contribution in [0.1, 0.15) is 5.56 Å². The molecule has 0 spiro atoms. The van der Waals surface area contributed by atoms with E-state index in [9.17, 15) is 4.79 Å². The van der Waals surface area contributed by atoms with Crippen LogP contribution in [-0.2, 0) is 4.74 Å². The van der Waals surface area contributed by atoms with Crippen molar-refractivity contribution < 1.29 is 4.74 Å². The van der Waals surface area contributed by atoms with Crippen molar-refractivity contribution in [2.24, 2.45) is 0 Å². The number of hydrogen-bond acceptors (Lipinski definition) is 7. The summed E-state index contributed by atoms with van der Waals surface area (Å²) >= 11 is 0. The average molecular weight is 390 g/mol. The first-order valence-electron chi connectivity index (χ1n) is 9.71. The van der Waals surface area contributed by atoms with Crippen LogP contribution in [0.2, 0.25) is 0 Å². The highest BCUT2D eigenvalue weighted by Crippen LogP contribution is 2.30. The van der Waals surface area contributed by atoms with Crippen molar-refractivity contribution in [3.63, 3.8) is 0 Å². The average Bonchev–Trinajstić information content (AvgIpc) is 3.17. The number of anilines is 2. The Morgan fingerprint density at radius 1 is 1.21 bits per heavy atom. The third-order valence-electron chi connectivity index (χ3n) is 5.67. The molecular weight excluding hydrogens is 368 g/mol. The molecule has 2 aromatic heterocycles. The van der Waals surface area contributed by atoms with Crippen molar-refractivity contribution in [3.8, 4) is 0 Å². The molecule has 0 bridgehead atoms. The van der Waals surface area contributed by atoms with Gasteiger partial charge in [0.2, 0.25) is 0 Å². The molecule has 2 aromatic carbocycles. The van der Waals surface area contributed by atoms with E-state index >= 15 is 0 Å². The second-order valence-electron chi connectivity index (χ2n) is 7.29. The van der Waals surface area contributed by atoms with Gasteiger partial charge in [0.25, 0.3) is 0 Å². The van der Waals surface area contributed by atoms with Crippen LogP contribution in [0.25, 0.3) is 27.3 Å². The number of morpholine rings is 1. The van der Waals surface area contributed by atoms with Gasteiger partial charge in [0, 0.05) is 49.3 Å². The summed E-state index contributed by atoms with van der Waals surface area (Å²) in [5.41, 5.74) is 9.84. The highest BCUT2D eigenvalue weighted by atomic mass is 16.5. The minimum atomic E-state index is -0.127. The molecule has 8 nitrogen and oxygen atoms in total. The van der Waals surface area contributed by atoms with Crippen molar-refractivity contribution in [2.75, 3.05) is 50.4 Å². The lowest BCUT2D eigenvalue weighted by Crippen LogP contribution is -2.39. The Morgan fingerprint density at radius 2 is 2.03 bits per heavy atom. The summed E-state index contributed by atoms with van der Waals surface area (Å²) in [5, 5.41) is 12.2. The lowest BCUT2D eigenvalue weighted by atomic mass is 10.0. The van der Waals surface area contributed by atoms with Crippen molar-refractivity contribution in [3.05, 3.63) is 46.4 Å². The van der Waals surface area contributed by atoms with E-state index in [4.69, 9.17) is 15.9 Å². The number of pyridine rings is 1. The number of rotatable bonds is 5. The van der Waals surface area contributed by atoms with Crippen LogP contribution in [0, 0.1) is 5.41 Å². The Bertz CT molecular complexity index is 1280. The molecule has 1 aliphatic heterocycles. The largest absolute Gasteiger partial charge is 0.398 e. The molecule has 1 fully saturated rings. The fourth-order valence-electron chi connectivity index (χ4n) is 4.18. The van der Waals surface area contributed by atoms with E-state index in [0.717, 1.165) is 62.3 Å². The molecule has 148 valence electrons. The normalized spacial score (nSPS) is 15.4. The van der Waals surface area contributed by atoms with E-state index in [-0.39, 0.29) is 5.43 Å². The van der Waals surface area contributed by atoms with E-state index in [2.05, 4.69) is 15.2 Å². The number of hydrogen-bond donors (Lipinski definition) is 3. The zero-order chi connectivity index (χ0) is 20.0. The lowest BCUT2D eigenvalue weighted by molar-refractivity contribution is 0.0398. The fourth-order valence-corrected chi connectivity index (χ4v) is 4.18. The number of nitrogens with zero attached hydrogens (tertiary/aromatic N) is 3. The lowest BCUT2D eigenvalue weighted by Gasteiger charge is -2.26. The molecule has 29 heavy (non-hydrogen) atoms. The van der Waals surface area contributed by atoms with Gasteiger partial charge in [0.05, 0.1) is 40.5 Å². The van der Waals surface area contributed by atoms with Crippen molar-refractivity contribution >= 4 is 44.9 Å². The Kier molecular flexibility index (Phi) is 4.30. The molecule has 0 amide bonds. The Labute approximate surface area is 166 Å². The first-order chi connectivity index (χ1) is 14.2. The molecule has 0 saturated carbocycles. The van der Waals surface area contributed by atoms with Crippen LogP contribution >= 0.6 is 0 Å². The summed E-state index contributed by atoms with van der Waals surface area (Å²) in [4.78, 5) is 20.4. The Morgan fingerprint density at radius 3 is 2.83 bits per heavy atom. The molecular formula is C21H22N6O2. The number of ether oxygens (including phenoxy) is 1. The zero-order valence-corrected chi connectivity index (χ0v) is 15.9. The van der Waals surface area contributed by atoms with Gasteiger partial charge < -0.3 is 21.2 Å². The number of nitrogens with two attached hydrogens (primary N) is 1. The van der Waals surface area contributed by atoms with Gasteiger partial charge in [-0.2, -0.15) is 0 Å². The number of fused-ring (bicyclic) bond motifs is 2. The topological polar surface area (TPSA) is 109 Å². The van der Waals surface area contributed by atoms with Gasteiger partial charge in [-0.15, -0.1) is 0 Å². The number of nitrogens with one attached hydrogen (secondary N) is 2. The minimum Gasteiger partial charge on any atom is -0.398 e. The number of aromatic nitrogens is 2. The van der Waals surface area contributed by atoms with Gasteiger partial charge in [-0.3, -0.25) is 14.1 Å². The van der Waals surface area contributed by atoms with Gasteiger partial charge in [0.1, 0.15) is 6.33 Å². The molecule has 5 rings (SSSR count). The zero-order valence-electron chi connectivity index (χ0n) is 15.9. The van der Waals surface area contributed by atoms with Gasteiger partial charge in [-0.1, -0.05) is 0 Å². The second kappa shape index (κ2) is 6.98. The predicted octanol–water partition coefficient (Wildman–Crippen LogP) is 1.76. The second-order valence-corrected chi connectivity index (χ2v) is 7.29. The van der Waals surface area contributed by atoms with Crippen molar-refractivity contribution in [2.45, 2.75) is 0 Å². The standard InChI is InChI=1S/C21H22N6O2/c22-11-13-14(23)1-4-17-18(13)21(28)19-15(2-3-16-20(19)27(17)12-25-16)24-5-6-26-7-9-29-10-8-26/h1-4,11-12,22,24H,5-10,23H2. The van der Waals surface area contributed by atoms with Gasteiger partial charge >= 0.3 is 0 Å². The van der Waals surface area contributed by atoms with Crippen LogP contribution in [0.5, 0.6) is 0 Å². The van der Waals surface area contributed by atoms with Crippen LogP contribution in [0.4, 0.5) is 11.4 Å². The summed E-state index contributed by atoms with van der Waals surface area (Å²) in [5.74, 6) is 0. The molecule has 3 heterocycles. The smallest absolute Gasteiger partial charge is 0.200 e. The maximum atomic E-state index is 13.5. The fraction of sp³-hybridized carbons (Fsp3) is 0.286. The molecule has 1 aliphatic rings. The van der Waals surface area contributed by atoms with Gasteiger partial charge in [-0.25, -0.2) is 4.98 Å². The predicted molar refractivity (Wildman–Crippen MR) is 116 cm³/mol. The third kappa shape index (κ3) is 2.80. The molecule has 0 atom stereocenters. The monoisotopic (exact) mass is 390 g/mol. The van der Waals surface area contributed by atoms with Gasteiger partial charge in [0.15, 0.2) is 5.43 Å². The first-order valence-corrected chi connectivity index (χ1v) is 9.71. The van der Waals surface area contributed by atoms with Crippen LogP contribution in [0.3, 0.4) is 0 Å². The van der Waals surface area contributed by atoms with Crippen LogP contribution in [0.15, 0.2) is 35.4 Å². The number of nitrogen functional groups attached to an aromatic ring is 1. The Balaban J connectivity index is 1.65. The van der Waals surface area contributed by atoms with Crippen LogP contribution < -0.4 is 16.5 Å². The van der Waals surface area contributed by atoms with E-state index in [1.165, 1.54) is 0 Å². The van der Waals surface area contributed by atoms with Crippen molar-refractivity contribution in [1.29, 1.82) is 5.41 Å². The molecule has 0 aliphatic carbocycles. The summed E-state index contributed by atoms with van der Waals surface area (Å²) in [6.07, 6.45) is 2.88. The maximum absolute atomic E-state index is 13.5. The summed E-state index contributed by atoms with van der Waals surface area (Å²) in [6, 6.07) is 7.39. The molecule has 0 unspecified atom stereocenters. The van der Waals surface area contributed by atoms with E-state index in [1.807, 2.05) is 22.6 Å². The van der Waals surface area contributed by atoms with Crippen molar-refractivity contribution in [1.82, 2.24) is 14.3 Å². The molecule has 8 heteroatoms. The highest BCUT2D eigenvalue weighted by molar-refractivity contribution is 6.11. The SMILES string of the molecule is N=Cc1c(N)ccc2c1c(=O)c1c(NCCN3CCOCC3)ccc3ncn2c31. The number of benzene rings is 2. The summed E-state index contributed by atoms with van der Waals surface area (Å²) in [7, 11) is 0. The van der Waals surface area contributed by atoms with E-state index < -0.39 is 0 Å². The van der Waals surface area contributed by atoms with Crippen LogP contribution in [-0.4, -0.2) is 59.9 Å². The highest BCUT2D eigenvalue weighted by Gasteiger charge is 2.19. The van der Waals surface area contributed by atoms with Gasteiger partial charge in [-0.05, 0) is 24.3 Å². The Hall–Kier alpha value is -3.23. The number of imidazole rings is 1. The molecule has 4 N–H and O–H groups in total. The van der Waals surface area contributed by atoms with E-state index in [1.54, 1.807) is 12.4 Å². The molecule has 4 aromatic rings. The minimum absolute atomic E-state index is 0.127. The maximum Gasteiger partial charge on any atom is 0.200 e. The quantitative estimate of drug-likeness (QED) is 0.272. The first kappa shape index (κ1) is 17.8. The third-order valence-corrected chi connectivity index (χ3v) is 5.67. The molecule has 0 radical (unpaired) electrons. The van der Waals surface area contributed by atoms with E-state index in [0.29, 0.717) is 27.5 Å². The molecule has 1 saturated heterocycles. The summed E-state index contributed by atoms with van der Waals surface area (Å²) < 4.78 is 7.31. The summed E-state index contributed by atoms with van der Waals surface area (Å²) in [6.45, 7) is 4.98.